The minimum atomic E-state index is -0.474. The van der Waals surface area contributed by atoms with Crippen molar-refractivity contribution in [2.45, 2.75) is 52.1 Å². The molecule has 1 aliphatic rings. The van der Waals surface area contributed by atoms with Crippen molar-refractivity contribution in [1.82, 2.24) is 14.9 Å². The normalized spacial score (nSPS) is 14.6. The maximum Gasteiger partial charge on any atom is 0.410 e. The SMILES string of the molecule is CCNc1cnc(C#N)c(Nc2ccc(C3CCN(C(=O)OC(C)(C)C)CC3)cc2)n1. The number of nitriles is 1. The second kappa shape index (κ2) is 9.65. The molecule has 0 atom stereocenters. The van der Waals surface area contributed by atoms with Gasteiger partial charge in [0.15, 0.2) is 11.5 Å². The molecule has 8 nitrogen and oxygen atoms in total. The summed E-state index contributed by atoms with van der Waals surface area (Å²) < 4.78 is 5.47. The lowest BCUT2D eigenvalue weighted by atomic mass is 9.89. The van der Waals surface area contributed by atoms with Crippen LogP contribution in [0.5, 0.6) is 0 Å². The Hall–Kier alpha value is -3.34. The van der Waals surface area contributed by atoms with Crippen LogP contribution in [0.1, 0.15) is 57.7 Å². The first-order chi connectivity index (χ1) is 14.8. The van der Waals surface area contributed by atoms with Gasteiger partial charge >= 0.3 is 6.09 Å². The summed E-state index contributed by atoms with van der Waals surface area (Å²) in [6.07, 6.45) is 3.13. The van der Waals surface area contributed by atoms with Gasteiger partial charge in [-0.05, 0) is 64.2 Å². The molecule has 0 saturated carbocycles. The molecule has 0 spiro atoms. The third-order valence-corrected chi connectivity index (χ3v) is 5.03. The zero-order valence-corrected chi connectivity index (χ0v) is 18.6. The largest absolute Gasteiger partial charge is 0.444 e. The van der Waals surface area contributed by atoms with E-state index < -0.39 is 5.60 Å². The summed E-state index contributed by atoms with van der Waals surface area (Å²) in [4.78, 5) is 22.6. The van der Waals surface area contributed by atoms with Crippen molar-refractivity contribution in [3.8, 4) is 6.07 Å². The summed E-state index contributed by atoms with van der Waals surface area (Å²) in [7, 11) is 0. The first kappa shape index (κ1) is 22.3. The molecule has 1 saturated heterocycles. The molecular formula is C23H30N6O2. The summed E-state index contributed by atoms with van der Waals surface area (Å²) in [5.41, 5.74) is 1.86. The Morgan fingerprint density at radius 2 is 1.94 bits per heavy atom. The summed E-state index contributed by atoms with van der Waals surface area (Å²) in [6.45, 7) is 9.74. The zero-order valence-electron chi connectivity index (χ0n) is 18.6. The molecule has 1 aliphatic heterocycles. The number of amides is 1. The number of benzene rings is 1. The van der Waals surface area contributed by atoms with E-state index in [2.05, 4.69) is 38.8 Å². The van der Waals surface area contributed by atoms with Crippen molar-refractivity contribution in [3.63, 3.8) is 0 Å². The summed E-state index contributed by atoms with van der Waals surface area (Å²) >= 11 is 0. The van der Waals surface area contributed by atoms with E-state index in [4.69, 9.17) is 4.74 Å². The van der Waals surface area contributed by atoms with E-state index >= 15 is 0 Å². The number of hydrogen-bond acceptors (Lipinski definition) is 7. The minimum absolute atomic E-state index is 0.236. The van der Waals surface area contributed by atoms with E-state index in [9.17, 15) is 10.1 Å². The molecule has 1 fully saturated rings. The van der Waals surface area contributed by atoms with Gasteiger partial charge in [-0.1, -0.05) is 12.1 Å². The highest BCUT2D eigenvalue weighted by molar-refractivity contribution is 5.68. The molecule has 0 aliphatic carbocycles. The minimum Gasteiger partial charge on any atom is -0.444 e. The Bertz CT molecular complexity index is 938. The molecule has 1 amide bonds. The number of carbonyl (C=O) groups is 1. The highest BCUT2D eigenvalue weighted by Gasteiger charge is 2.27. The van der Waals surface area contributed by atoms with Gasteiger partial charge in [0.1, 0.15) is 17.5 Å². The summed E-state index contributed by atoms with van der Waals surface area (Å²) in [5.74, 6) is 1.45. The molecule has 0 radical (unpaired) electrons. The number of rotatable bonds is 5. The Labute approximate surface area is 183 Å². The predicted octanol–water partition coefficient (Wildman–Crippen LogP) is 4.64. The van der Waals surface area contributed by atoms with Crippen molar-refractivity contribution in [1.29, 1.82) is 5.26 Å². The van der Waals surface area contributed by atoms with Gasteiger partial charge in [-0.15, -0.1) is 0 Å². The molecule has 2 aromatic rings. The Balaban J connectivity index is 1.61. The number of aromatic nitrogens is 2. The fraction of sp³-hybridized carbons (Fsp3) is 0.478. The van der Waals surface area contributed by atoms with E-state index in [1.54, 1.807) is 11.1 Å². The van der Waals surface area contributed by atoms with Crippen molar-refractivity contribution in [3.05, 3.63) is 41.7 Å². The van der Waals surface area contributed by atoms with Crippen LogP contribution in [0.3, 0.4) is 0 Å². The Kier molecular flexibility index (Phi) is 6.95. The van der Waals surface area contributed by atoms with Crippen molar-refractivity contribution in [2.75, 3.05) is 30.3 Å². The van der Waals surface area contributed by atoms with Gasteiger partial charge in [0.2, 0.25) is 0 Å². The van der Waals surface area contributed by atoms with E-state index in [1.807, 2.05) is 39.8 Å². The lowest BCUT2D eigenvalue weighted by molar-refractivity contribution is 0.0205. The number of carbonyl (C=O) groups excluding carboxylic acids is 1. The van der Waals surface area contributed by atoms with Crippen LogP contribution in [0.25, 0.3) is 0 Å². The maximum atomic E-state index is 12.2. The molecule has 8 heteroatoms. The zero-order chi connectivity index (χ0) is 22.4. The van der Waals surface area contributed by atoms with Gasteiger partial charge in [0.25, 0.3) is 0 Å². The van der Waals surface area contributed by atoms with Crippen molar-refractivity contribution in [2.24, 2.45) is 0 Å². The van der Waals surface area contributed by atoms with Crippen molar-refractivity contribution >= 4 is 23.4 Å². The summed E-state index contributed by atoms with van der Waals surface area (Å²) in [6, 6.07) is 10.2. The van der Waals surface area contributed by atoms with Crippen LogP contribution in [-0.4, -0.2) is 46.2 Å². The van der Waals surface area contributed by atoms with Gasteiger partial charge < -0.3 is 20.3 Å². The standard InChI is InChI=1S/C23H30N6O2/c1-5-25-20-15-26-19(14-24)21(28-20)27-18-8-6-16(7-9-18)17-10-12-29(13-11-17)22(30)31-23(2,3)4/h6-9,15,17H,5,10-13H2,1-4H3,(H2,25,27,28). The molecule has 0 unspecified atom stereocenters. The van der Waals surface area contributed by atoms with E-state index in [1.165, 1.54) is 5.56 Å². The molecule has 0 bridgehead atoms. The van der Waals surface area contributed by atoms with Crippen LogP contribution in [0, 0.1) is 11.3 Å². The molecule has 2 heterocycles. The lowest BCUT2D eigenvalue weighted by Gasteiger charge is -2.33. The predicted molar refractivity (Wildman–Crippen MR) is 120 cm³/mol. The summed E-state index contributed by atoms with van der Waals surface area (Å²) in [5, 5.41) is 15.6. The van der Waals surface area contributed by atoms with Crippen LogP contribution in [0.4, 0.5) is 22.1 Å². The maximum absolute atomic E-state index is 12.2. The average molecular weight is 423 g/mol. The quantitative estimate of drug-likeness (QED) is 0.723. The molecule has 164 valence electrons. The lowest BCUT2D eigenvalue weighted by Crippen LogP contribution is -2.41. The fourth-order valence-electron chi connectivity index (χ4n) is 3.52. The van der Waals surface area contributed by atoms with E-state index in [0.717, 1.165) is 25.1 Å². The van der Waals surface area contributed by atoms with Gasteiger partial charge in [0, 0.05) is 25.3 Å². The van der Waals surface area contributed by atoms with Gasteiger partial charge in [-0.25, -0.2) is 14.8 Å². The third kappa shape index (κ3) is 6.07. The topological polar surface area (TPSA) is 103 Å². The highest BCUT2D eigenvalue weighted by Crippen LogP contribution is 2.30. The number of hydrogen-bond donors (Lipinski definition) is 2. The molecule has 3 rings (SSSR count). The number of nitrogens with zero attached hydrogens (tertiary/aromatic N) is 4. The molecule has 2 N–H and O–H groups in total. The highest BCUT2D eigenvalue weighted by atomic mass is 16.6. The second-order valence-electron chi connectivity index (χ2n) is 8.58. The number of piperidine rings is 1. The van der Waals surface area contributed by atoms with Gasteiger partial charge in [-0.2, -0.15) is 5.26 Å². The first-order valence-corrected chi connectivity index (χ1v) is 10.6. The fourth-order valence-corrected chi connectivity index (χ4v) is 3.52. The number of likely N-dealkylation sites (tertiary alicyclic amines) is 1. The Morgan fingerprint density at radius 3 is 2.52 bits per heavy atom. The smallest absolute Gasteiger partial charge is 0.410 e. The van der Waals surface area contributed by atoms with Crippen LogP contribution >= 0.6 is 0 Å². The van der Waals surface area contributed by atoms with E-state index in [0.29, 0.717) is 30.6 Å². The number of ether oxygens (including phenoxy) is 1. The van der Waals surface area contributed by atoms with Crippen LogP contribution in [0.2, 0.25) is 0 Å². The third-order valence-electron chi connectivity index (χ3n) is 5.03. The monoisotopic (exact) mass is 422 g/mol. The van der Waals surface area contributed by atoms with Crippen LogP contribution < -0.4 is 10.6 Å². The molecule has 31 heavy (non-hydrogen) atoms. The average Bonchev–Trinajstić information content (AvgIpc) is 2.74. The second-order valence-corrected chi connectivity index (χ2v) is 8.58. The van der Waals surface area contributed by atoms with Crippen LogP contribution in [0.15, 0.2) is 30.5 Å². The number of anilines is 3. The van der Waals surface area contributed by atoms with Gasteiger partial charge in [0.05, 0.1) is 6.20 Å². The van der Waals surface area contributed by atoms with Crippen molar-refractivity contribution < 1.29 is 9.53 Å². The Morgan fingerprint density at radius 1 is 1.26 bits per heavy atom. The number of nitrogens with one attached hydrogen (secondary N) is 2. The molecule has 1 aromatic carbocycles. The van der Waals surface area contributed by atoms with Gasteiger partial charge in [-0.3, -0.25) is 0 Å². The molecular weight excluding hydrogens is 392 g/mol. The first-order valence-electron chi connectivity index (χ1n) is 10.6. The van der Waals surface area contributed by atoms with E-state index in [-0.39, 0.29) is 11.8 Å². The molecule has 1 aromatic heterocycles. The van der Waals surface area contributed by atoms with Crippen LogP contribution in [-0.2, 0) is 4.74 Å².